The van der Waals surface area contributed by atoms with E-state index in [1.807, 2.05) is 6.92 Å². The number of nitrogens with zero attached hydrogens (tertiary/aromatic N) is 1. The quantitative estimate of drug-likeness (QED) is 0.575. The number of amides is 1. The standard InChI is InChI=1S/C14H27NO5/c1-7-8-9-10-15(12(18)19-13(2,3)4)20-14(5,6)11(16)17/h7-10H2,1-6H3,(H,16,17). The van der Waals surface area contributed by atoms with E-state index in [9.17, 15) is 9.59 Å². The van der Waals surface area contributed by atoms with Crippen LogP contribution >= 0.6 is 0 Å². The molecule has 1 N–H and O–H groups in total. The van der Waals surface area contributed by atoms with Crippen molar-refractivity contribution >= 4 is 12.1 Å². The molecule has 0 aliphatic carbocycles. The second-order valence-corrected chi connectivity index (χ2v) is 6.20. The first-order valence-electron chi connectivity index (χ1n) is 6.92. The summed E-state index contributed by atoms with van der Waals surface area (Å²) in [5, 5.41) is 10.1. The summed E-state index contributed by atoms with van der Waals surface area (Å²) in [6.45, 7) is 10.4. The van der Waals surface area contributed by atoms with Crippen LogP contribution in [0.2, 0.25) is 0 Å². The van der Waals surface area contributed by atoms with E-state index in [2.05, 4.69) is 0 Å². The predicted molar refractivity (Wildman–Crippen MR) is 75.3 cm³/mol. The lowest BCUT2D eigenvalue weighted by Gasteiger charge is -2.31. The Balaban J connectivity index is 4.80. The topological polar surface area (TPSA) is 76.1 Å². The molecule has 0 aliphatic rings. The molecule has 0 spiro atoms. The molecular formula is C14H27NO5. The van der Waals surface area contributed by atoms with Crippen molar-refractivity contribution in [3.8, 4) is 0 Å². The van der Waals surface area contributed by atoms with Crippen molar-refractivity contribution in [1.29, 1.82) is 0 Å². The zero-order chi connectivity index (χ0) is 16.0. The van der Waals surface area contributed by atoms with Crippen molar-refractivity contribution in [2.75, 3.05) is 6.54 Å². The van der Waals surface area contributed by atoms with Crippen LogP contribution in [0.5, 0.6) is 0 Å². The van der Waals surface area contributed by atoms with E-state index >= 15 is 0 Å². The third kappa shape index (κ3) is 7.33. The van der Waals surface area contributed by atoms with Gasteiger partial charge in [-0.2, -0.15) is 5.06 Å². The molecular weight excluding hydrogens is 262 g/mol. The molecule has 0 bridgehead atoms. The normalized spacial score (nSPS) is 12.1. The molecule has 0 saturated heterocycles. The fourth-order valence-electron chi connectivity index (χ4n) is 1.31. The van der Waals surface area contributed by atoms with Gasteiger partial charge in [-0.3, -0.25) is 4.84 Å². The number of rotatable bonds is 7. The molecule has 0 fully saturated rings. The summed E-state index contributed by atoms with van der Waals surface area (Å²) >= 11 is 0. The van der Waals surface area contributed by atoms with Crippen LogP contribution in [0.3, 0.4) is 0 Å². The van der Waals surface area contributed by atoms with Gasteiger partial charge in [0.15, 0.2) is 5.60 Å². The summed E-state index contributed by atoms with van der Waals surface area (Å²) in [5.41, 5.74) is -2.14. The van der Waals surface area contributed by atoms with Crippen LogP contribution < -0.4 is 0 Å². The number of hydrogen-bond acceptors (Lipinski definition) is 4. The number of carboxylic acid groups (broad SMARTS) is 1. The van der Waals surface area contributed by atoms with E-state index in [0.29, 0.717) is 6.54 Å². The Morgan fingerprint density at radius 1 is 1.10 bits per heavy atom. The summed E-state index contributed by atoms with van der Waals surface area (Å²) in [7, 11) is 0. The first kappa shape index (κ1) is 18.7. The fraction of sp³-hybridized carbons (Fsp3) is 0.857. The van der Waals surface area contributed by atoms with Crippen LogP contribution in [0, 0.1) is 0 Å². The molecule has 0 aromatic heterocycles. The number of carbonyl (C=O) groups excluding carboxylic acids is 1. The molecule has 0 heterocycles. The molecule has 0 atom stereocenters. The Hall–Kier alpha value is -1.30. The zero-order valence-electron chi connectivity index (χ0n) is 13.4. The third-order valence-electron chi connectivity index (χ3n) is 2.42. The molecule has 0 unspecified atom stereocenters. The van der Waals surface area contributed by atoms with E-state index in [4.69, 9.17) is 14.7 Å². The molecule has 20 heavy (non-hydrogen) atoms. The first-order chi connectivity index (χ1) is 8.99. The molecule has 6 nitrogen and oxygen atoms in total. The van der Waals surface area contributed by atoms with Crippen molar-refractivity contribution in [2.24, 2.45) is 0 Å². The number of aliphatic carboxylic acids is 1. The monoisotopic (exact) mass is 289 g/mol. The Labute approximate surface area is 121 Å². The number of carbonyl (C=O) groups is 2. The maximum absolute atomic E-state index is 12.0. The van der Waals surface area contributed by atoms with Crippen LogP contribution in [0.15, 0.2) is 0 Å². The summed E-state index contributed by atoms with van der Waals surface area (Å²) < 4.78 is 5.23. The van der Waals surface area contributed by atoms with Gasteiger partial charge in [0.2, 0.25) is 0 Å². The van der Waals surface area contributed by atoms with Gasteiger partial charge in [0, 0.05) is 0 Å². The van der Waals surface area contributed by atoms with Gasteiger partial charge in [0.25, 0.3) is 0 Å². The Morgan fingerprint density at radius 2 is 1.65 bits per heavy atom. The first-order valence-corrected chi connectivity index (χ1v) is 6.92. The third-order valence-corrected chi connectivity index (χ3v) is 2.42. The lowest BCUT2D eigenvalue weighted by atomic mass is 10.1. The smallest absolute Gasteiger partial charge is 0.434 e. The Kier molecular flexibility index (Phi) is 6.99. The second-order valence-electron chi connectivity index (χ2n) is 6.20. The molecule has 0 aromatic rings. The average molecular weight is 289 g/mol. The van der Waals surface area contributed by atoms with Gasteiger partial charge in [0.05, 0.1) is 6.54 Å². The highest BCUT2D eigenvalue weighted by Crippen LogP contribution is 2.17. The van der Waals surface area contributed by atoms with Crippen LogP contribution in [0.1, 0.15) is 60.8 Å². The highest BCUT2D eigenvalue weighted by Gasteiger charge is 2.34. The zero-order valence-corrected chi connectivity index (χ0v) is 13.4. The van der Waals surface area contributed by atoms with Gasteiger partial charge in [0.1, 0.15) is 5.60 Å². The van der Waals surface area contributed by atoms with Gasteiger partial charge in [-0.1, -0.05) is 19.8 Å². The molecule has 0 rings (SSSR count). The molecule has 6 heteroatoms. The highest BCUT2D eigenvalue weighted by molar-refractivity contribution is 5.76. The minimum atomic E-state index is -1.48. The van der Waals surface area contributed by atoms with E-state index in [1.54, 1.807) is 20.8 Å². The highest BCUT2D eigenvalue weighted by atomic mass is 16.7. The minimum Gasteiger partial charge on any atom is -0.479 e. The van der Waals surface area contributed by atoms with Gasteiger partial charge in [-0.25, -0.2) is 9.59 Å². The number of carboxylic acids is 1. The van der Waals surface area contributed by atoms with Crippen molar-refractivity contribution in [1.82, 2.24) is 5.06 Å². The lowest BCUT2D eigenvalue weighted by molar-refractivity contribution is -0.226. The largest absolute Gasteiger partial charge is 0.479 e. The molecule has 118 valence electrons. The predicted octanol–water partition coefficient (Wildman–Crippen LogP) is 3.21. The fourth-order valence-corrected chi connectivity index (χ4v) is 1.31. The van der Waals surface area contributed by atoms with Gasteiger partial charge < -0.3 is 9.84 Å². The maximum Gasteiger partial charge on any atom is 0.434 e. The van der Waals surface area contributed by atoms with Gasteiger partial charge >= 0.3 is 12.1 Å². The van der Waals surface area contributed by atoms with Crippen molar-refractivity contribution in [3.05, 3.63) is 0 Å². The number of ether oxygens (including phenoxy) is 1. The number of hydrogen-bond donors (Lipinski definition) is 1. The Bertz CT molecular complexity index is 333. The molecule has 0 aliphatic heterocycles. The summed E-state index contributed by atoms with van der Waals surface area (Å²) in [4.78, 5) is 28.4. The lowest BCUT2D eigenvalue weighted by Crippen LogP contribution is -2.46. The van der Waals surface area contributed by atoms with E-state index < -0.39 is 23.3 Å². The van der Waals surface area contributed by atoms with E-state index in [0.717, 1.165) is 24.3 Å². The number of hydroxylamine groups is 2. The van der Waals surface area contributed by atoms with Crippen LogP contribution in [-0.2, 0) is 14.4 Å². The Morgan fingerprint density at radius 3 is 2.05 bits per heavy atom. The SMILES string of the molecule is CCCCCN(OC(C)(C)C(=O)O)C(=O)OC(C)(C)C. The van der Waals surface area contributed by atoms with Crippen LogP contribution in [0.25, 0.3) is 0 Å². The summed E-state index contributed by atoms with van der Waals surface area (Å²) in [6, 6.07) is 0. The molecule has 0 aromatic carbocycles. The minimum absolute atomic E-state index is 0.305. The van der Waals surface area contributed by atoms with Gasteiger partial charge in [-0.15, -0.1) is 0 Å². The van der Waals surface area contributed by atoms with Crippen molar-refractivity contribution < 1.29 is 24.3 Å². The van der Waals surface area contributed by atoms with E-state index in [-0.39, 0.29) is 0 Å². The second kappa shape index (κ2) is 7.47. The van der Waals surface area contributed by atoms with Crippen molar-refractivity contribution in [2.45, 2.75) is 72.0 Å². The number of unbranched alkanes of at least 4 members (excludes halogenated alkanes) is 2. The van der Waals surface area contributed by atoms with Gasteiger partial charge in [-0.05, 0) is 41.0 Å². The molecule has 1 amide bonds. The molecule has 0 radical (unpaired) electrons. The maximum atomic E-state index is 12.0. The van der Waals surface area contributed by atoms with Crippen LogP contribution in [-0.4, -0.2) is 40.0 Å². The van der Waals surface area contributed by atoms with E-state index in [1.165, 1.54) is 13.8 Å². The average Bonchev–Trinajstić information content (AvgIpc) is 2.25. The molecule has 0 saturated carbocycles. The van der Waals surface area contributed by atoms with Crippen LogP contribution in [0.4, 0.5) is 4.79 Å². The summed E-state index contributed by atoms with van der Waals surface area (Å²) in [6.07, 6.45) is 1.98. The van der Waals surface area contributed by atoms with Crippen molar-refractivity contribution in [3.63, 3.8) is 0 Å². The summed E-state index contributed by atoms with van der Waals surface area (Å²) in [5.74, 6) is -1.14.